The number of likely N-dealkylation sites (tertiary alicyclic amines) is 1. The number of nitrogens with zero attached hydrogens (tertiary/aromatic N) is 5. The van der Waals surface area contributed by atoms with Crippen LogP contribution in [0.2, 0.25) is 0 Å². The van der Waals surface area contributed by atoms with Gasteiger partial charge in [0.2, 0.25) is 0 Å². The van der Waals surface area contributed by atoms with Crippen molar-refractivity contribution < 1.29 is 0 Å². The van der Waals surface area contributed by atoms with Crippen molar-refractivity contribution in [2.45, 2.75) is 59.9 Å². The number of pyridine rings is 2. The molecule has 220 valence electrons. The molecule has 2 saturated heterocycles. The smallest absolute Gasteiger partial charge is 0.165 e. The zero-order chi connectivity index (χ0) is 29.5. The lowest BCUT2D eigenvalue weighted by atomic mass is 9.73. The molecule has 3 aromatic heterocycles. The van der Waals surface area contributed by atoms with Crippen LogP contribution in [0.1, 0.15) is 64.6 Å². The maximum Gasteiger partial charge on any atom is 0.165 e. The van der Waals surface area contributed by atoms with Gasteiger partial charge in [-0.1, -0.05) is 58.1 Å². The van der Waals surface area contributed by atoms with Gasteiger partial charge in [0.15, 0.2) is 11.5 Å². The molecular weight excluding hydrogens is 518 g/mol. The van der Waals surface area contributed by atoms with Crippen LogP contribution >= 0.6 is 0 Å². The fourth-order valence-corrected chi connectivity index (χ4v) is 5.98. The number of fused-ring (bicyclic) bond motifs is 1. The minimum Gasteiger partial charge on any atom is -0.383 e. The van der Waals surface area contributed by atoms with Crippen molar-refractivity contribution in [2.24, 2.45) is 5.41 Å². The molecule has 7 rings (SSSR count). The summed E-state index contributed by atoms with van der Waals surface area (Å²) in [6.45, 7) is 13.7. The van der Waals surface area contributed by atoms with Crippen LogP contribution in [0, 0.1) is 5.41 Å². The van der Waals surface area contributed by atoms with E-state index in [4.69, 9.17) is 15.7 Å². The first kappa shape index (κ1) is 29.7. The van der Waals surface area contributed by atoms with Crippen LogP contribution < -0.4 is 11.1 Å². The summed E-state index contributed by atoms with van der Waals surface area (Å²) in [4.78, 5) is 17.0. The van der Waals surface area contributed by atoms with Crippen LogP contribution in [0.4, 0.5) is 5.82 Å². The normalized spacial score (nSPS) is 17.5. The highest BCUT2D eigenvalue weighted by Crippen LogP contribution is 2.36. The molecule has 0 amide bonds. The third-order valence-corrected chi connectivity index (χ3v) is 8.39. The largest absolute Gasteiger partial charge is 0.383 e. The van der Waals surface area contributed by atoms with Crippen molar-refractivity contribution in [3.8, 4) is 17.1 Å². The molecule has 1 spiro atoms. The minimum absolute atomic E-state index is 0.461. The first-order chi connectivity index (χ1) is 20.7. The van der Waals surface area contributed by atoms with Gasteiger partial charge >= 0.3 is 0 Å². The summed E-state index contributed by atoms with van der Waals surface area (Å²) < 4.78 is 2.12. The zero-order valence-corrected chi connectivity index (χ0v) is 25.6. The Morgan fingerprint density at radius 1 is 0.905 bits per heavy atom. The maximum absolute atomic E-state index is 6.32. The van der Waals surface area contributed by atoms with Crippen LogP contribution in [-0.2, 0) is 6.54 Å². The predicted octanol–water partition coefficient (Wildman–Crippen LogP) is 7.04. The number of rotatable bonds is 5. The molecule has 42 heavy (non-hydrogen) atoms. The van der Waals surface area contributed by atoms with Gasteiger partial charge in [0.25, 0.3) is 0 Å². The summed E-state index contributed by atoms with van der Waals surface area (Å²) in [5.41, 5.74) is 13.8. The second kappa shape index (κ2) is 13.4. The summed E-state index contributed by atoms with van der Waals surface area (Å²) in [6, 6.07) is 16.8. The van der Waals surface area contributed by atoms with E-state index >= 15 is 0 Å². The summed E-state index contributed by atoms with van der Waals surface area (Å²) in [5.74, 6) is 1.22. The highest BCUT2D eigenvalue weighted by Gasteiger charge is 2.39. The molecule has 7 nitrogen and oxygen atoms in total. The number of hydrogen-bond donors (Lipinski definition) is 2. The lowest BCUT2D eigenvalue weighted by molar-refractivity contribution is 0.0520. The van der Waals surface area contributed by atoms with Crippen LogP contribution in [0.3, 0.4) is 0 Å². The van der Waals surface area contributed by atoms with Crippen molar-refractivity contribution in [3.63, 3.8) is 0 Å². The van der Waals surface area contributed by atoms with Crippen LogP contribution in [0.5, 0.6) is 0 Å². The Kier molecular flexibility index (Phi) is 9.50. The summed E-state index contributed by atoms with van der Waals surface area (Å²) in [6.07, 6.45) is 13.1. The van der Waals surface area contributed by atoms with E-state index in [0.717, 1.165) is 58.9 Å². The molecule has 0 radical (unpaired) electrons. The monoisotopic (exact) mass is 563 g/mol. The molecule has 3 N–H and O–H groups in total. The van der Waals surface area contributed by atoms with Gasteiger partial charge in [-0.15, -0.1) is 0 Å². The third-order valence-electron chi connectivity index (χ3n) is 8.39. The quantitative estimate of drug-likeness (QED) is 0.271. The van der Waals surface area contributed by atoms with Crippen LogP contribution in [0.15, 0.2) is 73.0 Å². The van der Waals surface area contributed by atoms with Crippen molar-refractivity contribution >= 4 is 22.6 Å². The van der Waals surface area contributed by atoms with Gasteiger partial charge in [-0.2, -0.15) is 0 Å². The predicted molar refractivity (Wildman–Crippen MR) is 175 cm³/mol. The van der Waals surface area contributed by atoms with Crippen molar-refractivity contribution in [3.05, 3.63) is 84.2 Å². The Morgan fingerprint density at radius 3 is 2.31 bits per heavy atom. The molecule has 7 heteroatoms. The third kappa shape index (κ3) is 6.03. The Labute approximate surface area is 250 Å². The Balaban J connectivity index is 0.000000847. The molecule has 2 aliphatic heterocycles. The molecule has 1 aliphatic carbocycles. The van der Waals surface area contributed by atoms with Gasteiger partial charge in [-0.25, -0.2) is 15.0 Å². The van der Waals surface area contributed by atoms with Crippen LogP contribution in [-0.4, -0.2) is 50.6 Å². The Morgan fingerprint density at radius 2 is 1.67 bits per heavy atom. The SMILES string of the molecule is CC.CC.Nc1ncccc1-c1nc2ccc(C3=CCCC=C3)nc2n1-c1ccc(CN2CCC3(CC2)CNC3)cc1. The molecule has 0 bridgehead atoms. The van der Waals surface area contributed by atoms with Crippen molar-refractivity contribution in [1.82, 2.24) is 29.7 Å². The number of anilines is 1. The maximum atomic E-state index is 6.32. The standard InChI is InChI=1S/C31H33N7.2C2H6/c32-28-25(7-4-16-34-28)29-36-27-13-12-26(23-5-2-1-3-6-23)35-30(27)38(29)24-10-8-22(9-11-24)19-37-17-14-31(15-18-37)20-33-21-31;2*1-2/h2,4-13,16,33H,1,3,14-15,17-21H2,(H2,32,34);2*1-2H3. The van der Waals surface area contributed by atoms with Gasteiger partial charge in [-0.05, 0) is 91.7 Å². The number of imidazole rings is 1. The molecule has 5 heterocycles. The van der Waals surface area contributed by atoms with E-state index in [0.29, 0.717) is 11.2 Å². The Hall–Kier alpha value is -3.81. The number of hydrogen-bond acceptors (Lipinski definition) is 6. The average Bonchev–Trinajstić information content (AvgIpc) is 3.42. The zero-order valence-electron chi connectivity index (χ0n) is 25.6. The van der Waals surface area contributed by atoms with Gasteiger partial charge in [0.1, 0.15) is 11.3 Å². The molecule has 0 atom stereocenters. The average molecular weight is 564 g/mol. The van der Waals surface area contributed by atoms with Gasteiger partial charge in [0, 0.05) is 31.5 Å². The molecule has 0 unspecified atom stereocenters. The second-order valence-electron chi connectivity index (χ2n) is 10.9. The molecule has 4 aromatic rings. The van der Waals surface area contributed by atoms with E-state index in [1.807, 2.05) is 39.8 Å². The van der Waals surface area contributed by atoms with E-state index < -0.39 is 0 Å². The second-order valence-corrected chi connectivity index (χ2v) is 10.9. The lowest BCUT2D eigenvalue weighted by Crippen LogP contribution is -2.58. The first-order valence-electron chi connectivity index (χ1n) is 15.7. The van der Waals surface area contributed by atoms with E-state index in [9.17, 15) is 0 Å². The lowest BCUT2D eigenvalue weighted by Gasteiger charge is -2.48. The highest BCUT2D eigenvalue weighted by atomic mass is 15.2. The van der Waals surface area contributed by atoms with Gasteiger partial charge < -0.3 is 11.1 Å². The van der Waals surface area contributed by atoms with E-state index in [1.165, 1.54) is 44.6 Å². The summed E-state index contributed by atoms with van der Waals surface area (Å²) >= 11 is 0. The highest BCUT2D eigenvalue weighted by molar-refractivity contribution is 5.85. The molecule has 2 fully saturated rings. The topological polar surface area (TPSA) is 84.9 Å². The number of allylic oxidation sites excluding steroid dienone is 4. The number of nitrogen functional groups attached to an aromatic ring is 1. The van der Waals surface area contributed by atoms with Crippen molar-refractivity contribution in [2.75, 3.05) is 31.9 Å². The number of aromatic nitrogens is 4. The summed E-state index contributed by atoms with van der Waals surface area (Å²) in [7, 11) is 0. The van der Waals surface area contributed by atoms with Gasteiger partial charge in [0.05, 0.1) is 11.3 Å². The van der Waals surface area contributed by atoms with Crippen LogP contribution in [0.25, 0.3) is 33.8 Å². The van der Waals surface area contributed by atoms with Gasteiger partial charge in [-0.3, -0.25) is 9.47 Å². The fourth-order valence-electron chi connectivity index (χ4n) is 5.98. The minimum atomic E-state index is 0.461. The molecular formula is C35H45N7. The van der Waals surface area contributed by atoms with E-state index in [2.05, 4.69) is 74.4 Å². The van der Waals surface area contributed by atoms with Crippen molar-refractivity contribution in [1.29, 1.82) is 0 Å². The molecule has 1 aromatic carbocycles. The number of piperidine rings is 1. The molecule has 0 saturated carbocycles. The fraction of sp³-hybridized carbons (Fsp3) is 0.400. The summed E-state index contributed by atoms with van der Waals surface area (Å²) in [5, 5.41) is 3.46. The number of nitrogens with one attached hydrogen (secondary N) is 1. The Bertz CT molecular complexity index is 1530. The number of benzene rings is 1. The first-order valence-corrected chi connectivity index (χ1v) is 15.7. The van der Waals surface area contributed by atoms with E-state index in [1.54, 1.807) is 6.20 Å². The molecule has 3 aliphatic rings. The number of nitrogens with two attached hydrogens (primary N) is 1. The van der Waals surface area contributed by atoms with E-state index in [-0.39, 0.29) is 0 Å².